The Labute approximate surface area is 172 Å². The van der Waals surface area contributed by atoms with Crippen molar-refractivity contribution in [3.63, 3.8) is 0 Å². The van der Waals surface area contributed by atoms with Gasteiger partial charge in [0.25, 0.3) is 0 Å². The van der Waals surface area contributed by atoms with Crippen LogP contribution in [-0.4, -0.2) is 31.7 Å². The van der Waals surface area contributed by atoms with Crippen molar-refractivity contribution in [2.45, 2.75) is 37.5 Å². The molecular formula is C20H26ClN3O3S. The van der Waals surface area contributed by atoms with E-state index < -0.39 is 10.0 Å². The third-order valence-corrected chi connectivity index (χ3v) is 6.72. The maximum absolute atomic E-state index is 12.5. The van der Waals surface area contributed by atoms with Gasteiger partial charge in [-0.1, -0.05) is 18.2 Å². The van der Waals surface area contributed by atoms with Crippen LogP contribution in [0.5, 0.6) is 0 Å². The molecule has 0 spiro atoms. The molecule has 2 aromatic rings. The smallest absolute Gasteiger partial charge is 0.243 e. The molecule has 1 aliphatic rings. The van der Waals surface area contributed by atoms with E-state index in [1.165, 1.54) is 4.31 Å². The number of rotatable bonds is 6. The lowest BCUT2D eigenvalue weighted by atomic mass is 10.1. The molecule has 0 atom stereocenters. The molecule has 0 unspecified atom stereocenters. The summed E-state index contributed by atoms with van der Waals surface area (Å²) in [7, 11) is -3.39. The van der Waals surface area contributed by atoms with E-state index in [0.717, 1.165) is 24.0 Å². The number of sulfonamides is 1. The van der Waals surface area contributed by atoms with E-state index in [1.807, 2.05) is 13.0 Å². The number of nitrogens with two attached hydrogens (primary N) is 1. The van der Waals surface area contributed by atoms with Crippen molar-refractivity contribution >= 4 is 39.7 Å². The predicted molar refractivity (Wildman–Crippen MR) is 114 cm³/mol. The molecule has 152 valence electrons. The highest BCUT2D eigenvalue weighted by atomic mass is 35.5. The number of hydrogen-bond acceptors (Lipinski definition) is 4. The Morgan fingerprint density at radius 3 is 2.39 bits per heavy atom. The first-order valence-electron chi connectivity index (χ1n) is 9.11. The van der Waals surface area contributed by atoms with E-state index in [9.17, 15) is 13.2 Å². The summed E-state index contributed by atoms with van der Waals surface area (Å²) in [5, 5.41) is 2.87. The van der Waals surface area contributed by atoms with E-state index >= 15 is 0 Å². The summed E-state index contributed by atoms with van der Waals surface area (Å²) >= 11 is 0. The Balaban J connectivity index is 0.00000280. The van der Waals surface area contributed by atoms with Gasteiger partial charge in [-0.25, -0.2) is 8.42 Å². The molecule has 3 rings (SSSR count). The second-order valence-corrected chi connectivity index (χ2v) is 8.82. The average molecular weight is 424 g/mol. The van der Waals surface area contributed by atoms with Crippen LogP contribution in [-0.2, 0) is 21.2 Å². The number of nitrogens with one attached hydrogen (secondary N) is 1. The van der Waals surface area contributed by atoms with Crippen LogP contribution < -0.4 is 11.1 Å². The largest absolute Gasteiger partial charge is 0.399 e. The molecule has 1 heterocycles. The number of carbonyl (C=O) groups is 1. The molecule has 1 saturated heterocycles. The molecule has 0 bridgehead atoms. The lowest BCUT2D eigenvalue weighted by Crippen LogP contribution is -2.27. The lowest BCUT2D eigenvalue weighted by Gasteiger charge is -2.15. The van der Waals surface area contributed by atoms with Gasteiger partial charge in [0.2, 0.25) is 15.9 Å². The van der Waals surface area contributed by atoms with Gasteiger partial charge < -0.3 is 11.1 Å². The predicted octanol–water partition coefficient (Wildman–Crippen LogP) is 3.35. The van der Waals surface area contributed by atoms with Crippen molar-refractivity contribution in [2.24, 2.45) is 0 Å². The summed E-state index contributed by atoms with van der Waals surface area (Å²) in [5.74, 6) is -0.0996. The number of amides is 1. The first kappa shape index (κ1) is 22.2. The normalized spacial score (nSPS) is 14.5. The highest BCUT2D eigenvalue weighted by Crippen LogP contribution is 2.22. The van der Waals surface area contributed by atoms with Crippen molar-refractivity contribution in [3.8, 4) is 0 Å². The average Bonchev–Trinajstić information content (AvgIpc) is 3.19. The first-order chi connectivity index (χ1) is 12.9. The van der Waals surface area contributed by atoms with E-state index in [-0.39, 0.29) is 18.3 Å². The molecular weight excluding hydrogens is 398 g/mol. The highest BCUT2D eigenvalue weighted by Gasteiger charge is 2.26. The molecule has 0 saturated carbocycles. The molecule has 6 nitrogen and oxygen atoms in total. The summed E-state index contributed by atoms with van der Waals surface area (Å²) in [5.41, 5.74) is 8.95. The fourth-order valence-electron chi connectivity index (χ4n) is 3.15. The molecule has 2 aromatic carbocycles. The van der Waals surface area contributed by atoms with Crippen molar-refractivity contribution < 1.29 is 13.2 Å². The zero-order valence-corrected chi connectivity index (χ0v) is 17.5. The molecule has 3 N–H and O–H groups in total. The molecule has 1 aliphatic heterocycles. The number of anilines is 2. The molecule has 0 aromatic heterocycles. The summed E-state index contributed by atoms with van der Waals surface area (Å²) in [6.45, 7) is 3.09. The minimum Gasteiger partial charge on any atom is -0.399 e. The highest BCUT2D eigenvalue weighted by molar-refractivity contribution is 7.89. The maximum Gasteiger partial charge on any atom is 0.243 e. The summed E-state index contributed by atoms with van der Waals surface area (Å²) in [6, 6.07) is 12.2. The topological polar surface area (TPSA) is 92.5 Å². The minimum absolute atomic E-state index is 0. The lowest BCUT2D eigenvalue weighted by molar-refractivity contribution is -0.116. The number of halogens is 1. The SMILES string of the molecule is Cc1ccc(N)cc1NC(=O)CCc1ccc(S(=O)(=O)N2CCCC2)cc1.Cl. The molecule has 28 heavy (non-hydrogen) atoms. The summed E-state index contributed by atoms with van der Waals surface area (Å²) in [6.07, 6.45) is 2.68. The number of nitrogens with zero attached hydrogens (tertiary/aromatic N) is 1. The van der Waals surface area contributed by atoms with E-state index in [4.69, 9.17) is 5.73 Å². The van der Waals surface area contributed by atoms with Crippen LogP contribution in [0.3, 0.4) is 0 Å². The van der Waals surface area contributed by atoms with E-state index in [1.54, 1.807) is 36.4 Å². The third-order valence-electron chi connectivity index (χ3n) is 4.80. The number of aryl methyl sites for hydroxylation is 2. The quantitative estimate of drug-likeness (QED) is 0.697. The fraction of sp³-hybridized carbons (Fsp3) is 0.350. The van der Waals surface area contributed by atoms with Gasteiger partial charge in [-0.05, 0) is 61.6 Å². The fourth-order valence-corrected chi connectivity index (χ4v) is 4.67. The number of carbonyl (C=O) groups excluding carboxylic acids is 1. The standard InChI is InChI=1S/C20H25N3O3S.ClH/c1-15-4-8-17(21)14-19(15)22-20(24)11-7-16-5-9-18(10-6-16)27(25,26)23-12-2-3-13-23;/h4-6,8-10,14H,2-3,7,11-13,21H2,1H3,(H,22,24);1H. The third kappa shape index (κ3) is 5.25. The molecule has 8 heteroatoms. The second kappa shape index (κ2) is 9.41. The number of hydrogen-bond donors (Lipinski definition) is 2. The number of nitrogen functional groups attached to an aromatic ring is 1. The van der Waals surface area contributed by atoms with Crippen molar-refractivity contribution in [1.29, 1.82) is 0 Å². The molecule has 0 aliphatic carbocycles. The Morgan fingerprint density at radius 2 is 1.75 bits per heavy atom. The van der Waals surface area contributed by atoms with Crippen LogP contribution >= 0.6 is 12.4 Å². The molecule has 1 fully saturated rings. The van der Waals surface area contributed by atoms with Gasteiger partial charge in [0.15, 0.2) is 0 Å². The van der Waals surface area contributed by atoms with Crippen LogP contribution in [0.2, 0.25) is 0 Å². The van der Waals surface area contributed by atoms with Gasteiger partial charge in [-0.3, -0.25) is 4.79 Å². The Kier molecular flexibility index (Phi) is 7.46. The van der Waals surface area contributed by atoms with Gasteiger partial charge in [0.1, 0.15) is 0 Å². The van der Waals surface area contributed by atoms with Gasteiger partial charge in [0, 0.05) is 30.9 Å². The van der Waals surface area contributed by atoms with Crippen molar-refractivity contribution in [2.75, 3.05) is 24.1 Å². The Morgan fingerprint density at radius 1 is 1.11 bits per heavy atom. The van der Waals surface area contributed by atoms with Gasteiger partial charge >= 0.3 is 0 Å². The van der Waals surface area contributed by atoms with Crippen LogP contribution in [0.15, 0.2) is 47.4 Å². The van der Waals surface area contributed by atoms with E-state index in [2.05, 4.69) is 5.32 Å². The van der Waals surface area contributed by atoms with Gasteiger partial charge in [-0.2, -0.15) is 4.31 Å². The van der Waals surface area contributed by atoms with Crippen molar-refractivity contribution in [3.05, 3.63) is 53.6 Å². The van der Waals surface area contributed by atoms with Crippen LogP contribution in [0.25, 0.3) is 0 Å². The van der Waals surface area contributed by atoms with E-state index in [0.29, 0.717) is 42.2 Å². The Bertz CT molecular complexity index is 924. The molecule has 0 radical (unpaired) electrons. The number of benzene rings is 2. The van der Waals surface area contributed by atoms with Gasteiger partial charge in [0.05, 0.1) is 4.90 Å². The van der Waals surface area contributed by atoms with Crippen LogP contribution in [0.4, 0.5) is 11.4 Å². The van der Waals surface area contributed by atoms with Crippen LogP contribution in [0.1, 0.15) is 30.4 Å². The van der Waals surface area contributed by atoms with Crippen molar-refractivity contribution in [1.82, 2.24) is 4.31 Å². The molecule has 1 amide bonds. The van der Waals surface area contributed by atoms with Crippen LogP contribution in [0, 0.1) is 6.92 Å². The second-order valence-electron chi connectivity index (χ2n) is 6.88. The maximum atomic E-state index is 12.5. The zero-order valence-electron chi connectivity index (χ0n) is 15.8. The summed E-state index contributed by atoms with van der Waals surface area (Å²) < 4.78 is 26.6. The zero-order chi connectivity index (χ0) is 19.4. The Hall–Kier alpha value is -2.09. The first-order valence-corrected chi connectivity index (χ1v) is 10.6. The van der Waals surface area contributed by atoms with Gasteiger partial charge in [-0.15, -0.1) is 12.4 Å². The summed E-state index contributed by atoms with van der Waals surface area (Å²) in [4.78, 5) is 12.5. The monoisotopic (exact) mass is 423 g/mol. The minimum atomic E-state index is -3.39.